The second-order valence-electron chi connectivity index (χ2n) is 2.38. The van der Waals surface area contributed by atoms with Gasteiger partial charge in [-0.3, -0.25) is 15.3 Å². The van der Waals surface area contributed by atoms with Crippen LogP contribution in [0.4, 0.5) is 0 Å². The Morgan fingerprint density at radius 2 is 2.55 bits per heavy atom. The van der Waals surface area contributed by atoms with Gasteiger partial charge in [0.1, 0.15) is 12.4 Å². The summed E-state index contributed by atoms with van der Waals surface area (Å²) in [5, 5.41) is 0. The summed E-state index contributed by atoms with van der Waals surface area (Å²) in [7, 11) is 0. The SMILES string of the molecule is C#CCONC1=NCCCC1. The molecule has 1 rings (SSSR count). The second-order valence-corrected chi connectivity index (χ2v) is 2.38. The van der Waals surface area contributed by atoms with E-state index in [9.17, 15) is 0 Å². The smallest absolute Gasteiger partial charge is 0.135 e. The van der Waals surface area contributed by atoms with E-state index in [4.69, 9.17) is 11.3 Å². The van der Waals surface area contributed by atoms with Gasteiger partial charge in [-0.1, -0.05) is 5.92 Å². The fraction of sp³-hybridized carbons (Fsp3) is 0.625. The van der Waals surface area contributed by atoms with Gasteiger partial charge in [0.2, 0.25) is 0 Å². The Kier molecular flexibility index (Phi) is 3.49. The second kappa shape index (κ2) is 4.75. The number of hydrogen-bond donors (Lipinski definition) is 1. The number of rotatable bonds is 2. The van der Waals surface area contributed by atoms with Gasteiger partial charge < -0.3 is 0 Å². The van der Waals surface area contributed by atoms with Crippen molar-refractivity contribution in [2.24, 2.45) is 4.99 Å². The van der Waals surface area contributed by atoms with Gasteiger partial charge in [0.15, 0.2) is 0 Å². The lowest BCUT2D eigenvalue weighted by Crippen LogP contribution is -2.26. The zero-order valence-electron chi connectivity index (χ0n) is 6.47. The Labute approximate surface area is 66.8 Å². The van der Waals surface area contributed by atoms with Crippen molar-refractivity contribution in [2.75, 3.05) is 13.2 Å². The molecule has 0 spiro atoms. The van der Waals surface area contributed by atoms with Gasteiger partial charge in [-0.15, -0.1) is 6.42 Å². The van der Waals surface area contributed by atoms with E-state index >= 15 is 0 Å². The van der Waals surface area contributed by atoms with Crippen molar-refractivity contribution >= 4 is 5.84 Å². The highest BCUT2D eigenvalue weighted by Gasteiger charge is 2.02. The van der Waals surface area contributed by atoms with E-state index in [1.54, 1.807) is 0 Å². The molecular weight excluding hydrogens is 140 g/mol. The Morgan fingerprint density at radius 3 is 3.18 bits per heavy atom. The number of nitrogens with zero attached hydrogens (tertiary/aromatic N) is 1. The minimum atomic E-state index is 0.291. The van der Waals surface area contributed by atoms with Gasteiger partial charge >= 0.3 is 0 Å². The molecule has 0 fully saturated rings. The Balaban J connectivity index is 2.15. The first-order valence-corrected chi connectivity index (χ1v) is 3.78. The van der Waals surface area contributed by atoms with E-state index in [2.05, 4.69) is 16.4 Å². The first-order chi connectivity index (χ1) is 5.43. The van der Waals surface area contributed by atoms with Crippen LogP contribution in [0.3, 0.4) is 0 Å². The van der Waals surface area contributed by atoms with E-state index in [0.717, 1.165) is 18.8 Å². The van der Waals surface area contributed by atoms with Crippen LogP contribution in [0, 0.1) is 12.3 Å². The van der Waals surface area contributed by atoms with Gasteiger partial charge in [-0.05, 0) is 12.8 Å². The van der Waals surface area contributed by atoms with Crippen LogP contribution in [0.1, 0.15) is 19.3 Å². The maximum absolute atomic E-state index is 4.99. The summed E-state index contributed by atoms with van der Waals surface area (Å²) in [5.74, 6) is 3.29. The number of hydrogen-bond acceptors (Lipinski definition) is 3. The summed E-state index contributed by atoms with van der Waals surface area (Å²) in [6, 6.07) is 0. The standard InChI is InChI=1S/C8H12N2O/c1-2-7-11-10-8-5-3-4-6-9-8/h1H,3-7H2,(H,9,10). The highest BCUT2D eigenvalue weighted by Crippen LogP contribution is 2.03. The van der Waals surface area contributed by atoms with Crippen molar-refractivity contribution in [2.45, 2.75) is 19.3 Å². The third-order valence-corrected chi connectivity index (χ3v) is 1.47. The summed E-state index contributed by atoms with van der Waals surface area (Å²) < 4.78 is 0. The predicted octanol–water partition coefficient (Wildman–Crippen LogP) is 0.723. The zero-order chi connectivity index (χ0) is 7.94. The molecule has 1 heterocycles. The van der Waals surface area contributed by atoms with Crippen molar-refractivity contribution < 1.29 is 4.84 Å². The molecule has 1 aliphatic rings. The molecule has 3 heteroatoms. The first kappa shape index (κ1) is 8.09. The van der Waals surface area contributed by atoms with Crippen LogP contribution in [0.5, 0.6) is 0 Å². The Morgan fingerprint density at radius 1 is 1.64 bits per heavy atom. The molecule has 0 aromatic carbocycles. The van der Waals surface area contributed by atoms with Crippen molar-refractivity contribution in [1.82, 2.24) is 5.48 Å². The average Bonchev–Trinajstić information content (AvgIpc) is 2.07. The minimum Gasteiger partial charge on any atom is -0.271 e. The molecule has 0 bridgehead atoms. The molecule has 1 N–H and O–H groups in total. The summed E-state index contributed by atoms with van der Waals surface area (Å²) >= 11 is 0. The molecule has 0 unspecified atom stereocenters. The van der Waals surface area contributed by atoms with Gasteiger partial charge in [0, 0.05) is 13.0 Å². The summed E-state index contributed by atoms with van der Waals surface area (Å²) in [4.78, 5) is 9.12. The third kappa shape index (κ3) is 3.06. The molecule has 0 saturated carbocycles. The predicted molar refractivity (Wildman–Crippen MR) is 44.1 cm³/mol. The maximum atomic E-state index is 4.99. The van der Waals surface area contributed by atoms with Crippen LogP contribution in [-0.2, 0) is 4.84 Å². The molecule has 0 radical (unpaired) electrons. The van der Waals surface area contributed by atoms with Crippen LogP contribution in [0.2, 0.25) is 0 Å². The summed E-state index contributed by atoms with van der Waals surface area (Å²) in [6.45, 7) is 1.20. The number of nitrogens with one attached hydrogen (secondary N) is 1. The zero-order valence-corrected chi connectivity index (χ0v) is 6.47. The average molecular weight is 152 g/mol. The number of hydroxylamine groups is 1. The lowest BCUT2D eigenvalue weighted by Gasteiger charge is -2.11. The highest BCUT2D eigenvalue weighted by atomic mass is 16.6. The third-order valence-electron chi connectivity index (χ3n) is 1.47. The molecular formula is C8H12N2O. The van der Waals surface area contributed by atoms with E-state index < -0.39 is 0 Å². The fourth-order valence-electron chi connectivity index (χ4n) is 0.942. The largest absolute Gasteiger partial charge is 0.271 e. The lowest BCUT2D eigenvalue weighted by molar-refractivity contribution is 0.112. The van der Waals surface area contributed by atoms with Crippen molar-refractivity contribution in [3.63, 3.8) is 0 Å². The van der Waals surface area contributed by atoms with Crippen LogP contribution >= 0.6 is 0 Å². The van der Waals surface area contributed by atoms with Crippen LogP contribution in [-0.4, -0.2) is 19.0 Å². The fourth-order valence-corrected chi connectivity index (χ4v) is 0.942. The molecule has 0 amide bonds. The van der Waals surface area contributed by atoms with Gasteiger partial charge in [-0.2, -0.15) is 0 Å². The number of amidine groups is 1. The molecule has 60 valence electrons. The first-order valence-electron chi connectivity index (χ1n) is 3.78. The molecule has 0 aromatic rings. The monoisotopic (exact) mass is 152 g/mol. The van der Waals surface area contributed by atoms with Crippen molar-refractivity contribution in [3.05, 3.63) is 0 Å². The van der Waals surface area contributed by atoms with E-state index in [-0.39, 0.29) is 0 Å². The van der Waals surface area contributed by atoms with Crippen molar-refractivity contribution in [3.8, 4) is 12.3 Å². The lowest BCUT2D eigenvalue weighted by atomic mass is 10.2. The van der Waals surface area contributed by atoms with Crippen LogP contribution in [0.25, 0.3) is 0 Å². The maximum Gasteiger partial charge on any atom is 0.135 e. The normalized spacial score (nSPS) is 16.8. The molecule has 0 aromatic heterocycles. The summed E-state index contributed by atoms with van der Waals surface area (Å²) in [6.07, 6.45) is 8.33. The Bertz CT molecular complexity index is 181. The molecule has 1 aliphatic heterocycles. The van der Waals surface area contributed by atoms with Crippen LogP contribution in [0.15, 0.2) is 4.99 Å². The van der Waals surface area contributed by atoms with Gasteiger partial charge in [0.25, 0.3) is 0 Å². The molecule has 0 saturated heterocycles. The number of aliphatic imine (C=N–C) groups is 1. The van der Waals surface area contributed by atoms with E-state index in [1.807, 2.05) is 0 Å². The van der Waals surface area contributed by atoms with E-state index in [1.165, 1.54) is 12.8 Å². The molecule has 3 nitrogen and oxygen atoms in total. The Hall–Kier alpha value is -1.01. The van der Waals surface area contributed by atoms with Gasteiger partial charge in [-0.25, -0.2) is 0 Å². The van der Waals surface area contributed by atoms with E-state index in [0.29, 0.717) is 6.61 Å². The summed E-state index contributed by atoms with van der Waals surface area (Å²) in [5.41, 5.74) is 2.73. The highest BCUT2D eigenvalue weighted by molar-refractivity contribution is 5.81. The molecule has 11 heavy (non-hydrogen) atoms. The quantitative estimate of drug-likeness (QED) is 0.359. The van der Waals surface area contributed by atoms with Gasteiger partial charge in [0.05, 0.1) is 0 Å². The van der Waals surface area contributed by atoms with Crippen LogP contribution < -0.4 is 5.48 Å². The van der Waals surface area contributed by atoms with Crippen molar-refractivity contribution in [1.29, 1.82) is 0 Å². The topological polar surface area (TPSA) is 33.6 Å². The number of terminal acetylenes is 1. The molecule has 0 atom stereocenters. The minimum absolute atomic E-state index is 0.291. The molecule has 0 aliphatic carbocycles.